The average molecular weight is 167 g/mol. The molecule has 1 heterocycles. The fourth-order valence-corrected chi connectivity index (χ4v) is 0.674. The largest absolute Gasteiger partial charge is 0.623 e. The van der Waals surface area contributed by atoms with Crippen molar-refractivity contribution in [2.24, 2.45) is 0 Å². The van der Waals surface area contributed by atoms with Gasteiger partial charge in [-0.2, -0.15) is 0 Å². The first kappa shape index (κ1) is 8.84. The molecule has 1 aromatic rings. The van der Waals surface area contributed by atoms with Gasteiger partial charge in [0.1, 0.15) is 0 Å². The molecule has 0 atom stereocenters. The molecule has 0 spiro atoms. The molecule has 0 fully saturated rings. The van der Waals surface area contributed by atoms with E-state index in [1.54, 1.807) is 18.4 Å². The van der Waals surface area contributed by atoms with Crippen molar-refractivity contribution in [3.8, 4) is 0 Å². The van der Waals surface area contributed by atoms with E-state index in [1.807, 2.05) is 20.8 Å². The van der Waals surface area contributed by atoms with Crippen LogP contribution in [0.3, 0.4) is 0 Å². The molecule has 1 rings (SSSR count). The maximum atomic E-state index is 11.3. The highest BCUT2D eigenvalue weighted by molar-refractivity contribution is 5.71. The third-order valence-electron chi connectivity index (χ3n) is 1.45. The molecule has 0 saturated carbocycles. The van der Waals surface area contributed by atoms with Crippen LogP contribution < -0.4 is 0 Å². The van der Waals surface area contributed by atoms with Crippen molar-refractivity contribution < 1.29 is 9.16 Å². The highest BCUT2D eigenvalue weighted by atomic mass is 16.5. The van der Waals surface area contributed by atoms with Gasteiger partial charge in [0, 0.05) is 20.8 Å². The van der Waals surface area contributed by atoms with Crippen LogP contribution in [0.15, 0.2) is 22.8 Å². The molecule has 12 heavy (non-hydrogen) atoms. The van der Waals surface area contributed by atoms with Crippen LogP contribution in [0.5, 0.6) is 0 Å². The smallest absolute Gasteiger partial charge is 0.218 e. The summed E-state index contributed by atoms with van der Waals surface area (Å²) in [5.74, 6) is 0.583. The van der Waals surface area contributed by atoms with E-state index in [9.17, 15) is 5.21 Å². The lowest BCUT2D eigenvalue weighted by atomic mass is 10.1. The third-order valence-corrected chi connectivity index (χ3v) is 1.45. The minimum absolute atomic E-state index is 0.410. The molecule has 0 aliphatic rings. The number of hydrogen-bond acceptors (Lipinski definition) is 2. The average Bonchev–Trinajstić information content (AvgIpc) is 2.37. The summed E-state index contributed by atoms with van der Waals surface area (Å²) in [7, 11) is 0. The van der Waals surface area contributed by atoms with Gasteiger partial charge in [-0.25, -0.2) is 4.74 Å². The molecule has 0 aliphatic heterocycles. The van der Waals surface area contributed by atoms with Crippen LogP contribution >= 0.6 is 0 Å². The van der Waals surface area contributed by atoms with E-state index >= 15 is 0 Å². The minimum Gasteiger partial charge on any atom is -0.623 e. The molecule has 66 valence electrons. The first-order valence-electron chi connectivity index (χ1n) is 3.85. The van der Waals surface area contributed by atoms with Crippen LogP contribution in [0, 0.1) is 5.21 Å². The second-order valence-electron chi connectivity index (χ2n) is 3.64. The normalized spacial score (nSPS) is 13.4. The zero-order valence-corrected chi connectivity index (χ0v) is 7.57. The summed E-state index contributed by atoms with van der Waals surface area (Å²) >= 11 is 0. The Hall–Kier alpha value is -1.25. The van der Waals surface area contributed by atoms with E-state index in [0.717, 1.165) is 4.74 Å². The maximum Gasteiger partial charge on any atom is 0.218 e. The van der Waals surface area contributed by atoms with Crippen LogP contribution in [0.1, 0.15) is 26.5 Å². The number of hydroxylamine groups is 1. The van der Waals surface area contributed by atoms with Gasteiger partial charge in [0.15, 0.2) is 11.3 Å². The molecule has 0 aliphatic carbocycles. The van der Waals surface area contributed by atoms with E-state index in [4.69, 9.17) is 4.42 Å². The van der Waals surface area contributed by atoms with Gasteiger partial charge in [-0.1, -0.05) is 0 Å². The second kappa shape index (κ2) is 3.01. The SMILES string of the molecule is CC(C)(C)/[N+]([O-])=C\c1ccco1. The standard InChI is InChI=1S/C9H13NO2/c1-9(2,3)10(11)7-8-5-4-6-12-8/h4-7H,1-3H3/b10-7+. The van der Waals surface area contributed by atoms with Crippen molar-refractivity contribution in [3.63, 3.8) is 0 Å². The summed E-state index contributed by atoms with van der Waals surface area (Å²) in [5, 5.41) is 11.3. The van der Waals surface area contributed by atoms with Gasteiger partial charge in [0.2, 0.25) is 6.21 Å². The molecule has 0 bridgehead atoms. The number of hydrogen-bond donors (Lipinski definition) is 0. The Kier molecular flexibility index (Phi) is 2.22. The molecular formula is C9H13NO2. The van der Waals surface area contributed by atoms with Crippen LogP contribution in [0.2, 0.25) is 0 Å². The van der Waals surface area contributed by atoms with E-state index in [-0.39, 0.29) is 0 Å². The number of rotatable bonds is 1. The lowest BCUT2D eigenvalue weighted by Crippen LogP contribution is -2.29. The van der Waals surface area contributed by atoms with Gasteiger partial charge in [-0.05, 0) is 12.1 Å². The third kappa shape index (κ3) is 2.12. The summed E-state index contributed by atoms with van der Waals surface area (Å²) in [5.41, 5.74) is -0.410. The first-order valence-corrected chi connectivity index (χ1v) is 3.85. The highest BCUT2D eigenvalue weighted by Crippen LogP contribution is 2.06. The Morgan fingerprint density at radius 2 is 2.17 bits per heavy atom. The molecule has 0 radical (unpaired) electrons. The molecule has 0 saturated heterocycles. The van der Waals surface area contributed by atoms with Gasteiger partial charge in [-0.15, -0.1) is 0 Å². The zero-order chi connectivity index (χ0) is 9.19. The molecule has 3 nitrogen and oxygen atoms in total. The fourth-order valence-electron chi connectivity index (χ4n) is 0.674. The summed E-state index contributed by atoms with van der Waals surface area (Å²) < 4.78 is 5.88. The Bertz CT molecular complexity index is 267. The van der Waals surface area contributed by atoms with Crippen molar-refractivity contribution >= 4 is 6.21 Å². The summed E-state index contributed by atoms with van der Waals surface area (Å²) in [4.78, 5) is 0. The minimum atomic E-state index is -0.410. The van der Waals surface area contributed by atoms with Crippen LogP contribution in [-0.4, -0.2) is 16.5 Å². The lowest BCUT2D eigenvalue weighted by Gasteiger charge is -2.17. The highest BCUT2D eigenvalue weighted by Gasteiger charge is 2.18. The predicted octanol–water partition coefficient (Wildman–Crippen LogP) is 2.01. The topological polar surface area (TPSA) is 39.2 Å². The molecule has 1 aromatic heterocycles. The molecule has 3 heteroatoms. The fraction of sp³-hybridized carbons (Fsp3) is 0.444. The Balaban J connectivity index is 2.84. The van der Waals surface area contributed by atoms with E-state index in [2.05, 4.69) is 0 Å². The van der Waals surface area contributed by atoms with Gasteiger partial charge in [0.05, 0.1) is 6.26 Å². The van der Waals surface area contributed by atoms with Crippen LogP contribution in [-0.2, 0) is 0 Å². The Morgan fingerprint density at radius 1 is 1.50 bits per heavy atom. The van der Waals surface area contributed by atoms with Crippen LogP contribution in [0.25, 0.3) is 0 Å². The lowest BCUT2D eigenvalue weighted by molar-refractivity contribution is -0.530. The monoisotopic (exact) mass is 167 g/mol. The van der Waals surface area contributed by atoms with Gasteiger partial charge in [-0.3, -0.25) is 0 Å². The van der Waals surface area contributed by atoms with E-state index in [0.29, 0.717) is 5.76 Å². The molecule has 0 unspecified atom stereocenters. The van der Waals surface area contributed by atoms with Gasteiger partial charge < -0.3 is 9.62 Å². The Labute approximate surface area is 71.9 Å². The van der Waals surface area contributed by atoms with Gasteiger partial charge >= 0.3 is 0 Å². The first-order chi connectivity index (χ1) is 5.50. The van der Waals surface area contributed by atoms with Crippen molar-refractivity contribution in [2.45, 2.75) is 26.3 Å². The molecule has 0 amide bonds. The summed E-state index contributed by atoms with van der Waals surface area (Å²) in [6, 6.07) is 3.50. The van der Waals surface area contributed by atoms with E-state index in [1.165, 1.54) is 6.21 Å². The number of nitrogens with zero attached hydrogens (tertiary/aromatic N) is 1. The molecule has 0 aromatic carbocycles. The van der Waals surface area contributed by atoms with E-state index < -0.39 is 5.54 Å². The molecular weight excluding hydrogens is 154 g/mol. The van der Waals surface area contributed by atoms with Gasteiger partial charge in [0.25, 0.3) is 0 Å². The maximum absolute atomic E-state index is 11.3. The second-order valence-corrected chi connectivity index (χ2v) is 3.64. The Morgan fingerprint density at radius 3 is 2.58 bits per heavy atom. The van der Waals surface area contributed by atoms with Crippen molar-refractivity contribution in [1.82, 2.24) is 0 Å². The summed E-state index contributed by atoms with van der Waals surface area (Å²) in [6.07, 6.45) is 2.99. The van der Waals surface area contributed by atoms with Crippen molar-refractivity contribution in [1.29, 1.82) is 0 Å². The van der Waals surface area contributed by atoms with Crippen molar-refractivity contribution in [3.05, 3.63) is 29.4 Å². The summed E-state index contributed by atoms with van der Waals surface area (Å²) in [6.45, 7) is 5.54. The predicted molar refractivity (Wildman–Crippen MR) is 47.3 cm³/mol. The van der Waals surface area contributed by atoms with Crippen molar-refractivity contribution in [2.75, 3.05) is 0 Å². The quantitative estimate of drug-likeness (QED) is 0.278. The number of furan rings is 1. The molecule has 0 N–H and O–H groups in total. The van der Waals surface area contributed by atoms with Crippen LogP contribution in [0.4, 0.5) is 0 Å². The zero-order valence-electron chi connectivity index (χ0n) is 7.57.